The van der Waals surface area contributed by atoms with Gasteiger partial charge in [-0.05, 0) is 18.8 Å². The van der Waals surface area contributed by atoms with Gasteiger partial charge in [0.15, 0.2) is 0 Å². The van der Waals surface area contributed by atoms with Crippen LogP contribution in [0, 0.1) is 5.92 Å². The van der Waals surface area contributed by atoms with Gasteiger partial charge in [0.2, 0.25) is 11.8 Å². The lowest BCUT2D eigenvalue weighted by atomic mass is 9.95. The van der Waals surface area contributed by atoms with Crippen molar-refractivity contribution in [2.75, 3.05) is 33.7 Å². The largest absolute Gasteiger partial charge is 0.347 e. The van der Waals surface area contributed by atoms with Gasteiger partial charge in [0.25, 0.3) is 0 Å². The molecule has 5 nitrogen and oxygen atoms in total. The molecule has 0 aromatic carbocycles. The number of likely N-dealkylation sites (N-methyl/N-ethyl adjacent to an activating group) is 1. The molecule has 1 saturated carbocycles. The average Bonchev–Trinajstić information content (AvgIpc) is 2.75. The van der Waals surface area contributed by atoms with Gasteiger partial charge in [-0.15, -0.1) is 0 Å². The lowest BCUT2D eigenvalue weighted by molar-refractivity contribution is -0.146. The van der Waals surface area contributed by atoms with Crippen LogP contribution in [0.4, 0.5) is 0 Å². The molecule has 2 aliphatic rings. The van der Waals surface area contributed by atoms with Crippen molar-refractivity contribution in [3.8, 4) is 0 Å². The van der Waals surface area contributed by atoms with Crippen LogP contribution in [0.1, 0.15) is 44.9 Å². The molecule has 1 saturated heterocycles. The number of carbonyl (C=O) groups excluding carboxylic acids is 2. The molecule has 0 radical (unpaired) electrons. The van der Waals surface area contributed by atoms with Gasteiger partial charge in [-0.2, -0.15) is 0 Å². The summed E-state index contributed by atoms with van der Waals surface area (Å²) in [6.07, 6.45) is 8.07. The van der Waals surface area contributed by atoms with Gasteiger partial charge in [-0.25, -0.2) is 0 Å². The van der Waals surface area contributed by atoms with Crippen molar-refractivity contribution in [2.24, 2.45) is 5.92 Å². The van der Waals surface area contributed by atoms with E-state index in [1.165, 1.54) is 38.5 Å². The molecule has 1 heterocycles. The molecule has 0 spiro atoms. The van der Waals surface area contributed by atoms with Crippen LogP contribution in [-0.4, -0.2) is 61.4 Å². The summed E-state index contributed by atoms with van der Waals surface area (Å²) in [5.74, 6) is 0.713. The molecule has 120 valence electrons. The predicted octanol–water partition coefficient (Wildman–Crippen LogP) is 1.24. The Morgan fingerprint density at radius 1 is 1.14 bits per heavy atom. The summed E-state index contributed by atoms with van der Waals surface area (Å²) in [4.78, 5) is 28.3. The van der Waals surface area contributed by atoms with E-state index in [1.807, 2.05) is 4.90 Å². The highest BCUT2D eigenvalue weighted by molar-refractivity contribution is 5.88. The smallest absolute Gasteiger partial charge is 0.246 e. The maximum atomic E-state index is 12.6. The van der Waals surface area contributed by atoms with Gasteiger partial charge in [0, 0.05) is 40.2 Å². The molecule has 0 aromatic heterocycles. The minimum Gasteiger partial charge on any atom is -0.347 e. The van der Waals surface area contributed by atoms with E-state index in [4.69, 9.17) is 0 Å². The number of piperazine rings is 1. The van der Waals surface area contributed by atoms with Crippen LogP contribution >= 0.6 is 0 Å². The highest BCUT2D eigenvalue weighted by Gasteiger charge is 2.33. The third-order valence-electron chi connectivity index (χ3n) is 4.73. The van der Waals surface area contributed by atoms with Crippen molar-refractivity contribution < 1.29 is 9.59 Å². The Hall–Kier alpha value is -1.10. The van der Waals surface area contributed by atoms with Gasteiger partial charge >= 0.3 is 0 Å². The van der Waals surface area contributed by atoms with Crippen LogP contribution in [0.2, 0.25) is 0 Å². The van der Waals surface area contributed by atoms with Crippen molar-refractivity contribution in [2.45, 2.75) is 51.0 Å². The van der Waals surface area contributed by atoms with E-state index in [2.05, 4.69) is 5.32 Å². The van der Waals surface area contributed by atoms with E-state index < -0.39 is 0 Å². The second-order valence-corrected chi connectivity index (χ2v) is 6.60. The quantitative estimate of drug-likeness (QED) is 0.797. The van der Waals surface area contributed by atoms with Gasteiger partial charge in [0.05, 0.1) is 0 Å². The van der Waals surface area contributed by atoms with E-state index in [-0.39, 0.29) is 17.9 Å². The topological polar surface area (TPSA) is 52.7 Å². The molecule has 21 heavy (non-hydrogen) atoms. The normalized spacial score (nSPS) is 24.5. The fraction of sp³-hybridized carbons (Fsp3) is 0.875. The Morgan fingerprint density at radius 2 is 1.81 bits per heavy atom. The molecule has 1 aliphatic heterocycles. The standard InChI is InChI=1S/C16H29N3O2/c1-18(2)16(21)14-12-17-9-10-19(14)15(20)11-13-7-5-3-4-6-8-13/h13-14,17H,3-12H2,1-2H3. The summed E-state index contributed by atoms with van der Waals surface area (Å²) < 4.78 is 0. The Labute approximate surface area is 128 Å². The Balaban J connectivity index is 1.96. The molecule has 2 fully saturated rings. The van der Waals surface area contributed by atoms with Crippen LogP contribution in [0.5, 0.6) is 0 Å². The summed E-state index contributed by atoms with van der Waals surface area (Å²) in [7, 11) is 3.51. The first-order chi connectivity index (χ1) is 10.1. The molecule has 2 rings (SSSR count). The summed E-state index contributed by atoms with van der Waals surface area (Å²) in [6, 6.07) is -0.327. The summed E-state index contributed by atoms with van der Waals surface area (Å²) >= 11 is 0. The number of amides is 2. The molecule has 1 atom stereocenters. The summed E-state index contributed by atoms with van der Waals surface area (Å²) in [6.45, 7) is 2.01. The molecule has 1 N–H and O–H groups in total. The number of carbonyl (C=O) groups is 2. The van der Waals surface area contributed by atoms with Crippen LogP contribution in [-0.2, 0) is 9.59 Å². The summed E-state index contributed by atoms with van der Waals surface area (Å²) in [5, 5.41) is 3.23. The molecular formula is C16H29N3O2. The monoisotopic (exact) mass is 295 g/mol. The zero-order valence-electron chi connectivity index (χ0n) is 13.4. The Bertz CT molecular complexity index is 363. The number of hydrogen-bond donors (Lipinski definition) is 1. The second-order valence-electron chi connectivity index (χ2n) is 6.60. The second kappa shape index (κ2) is 7.78. The maximum absolute atomic E-state index is 12.6. The van der Waals surface area contributed by atoms with Gasteiger partial charge < -0.3 is 15.1 Å². The highest BCUT2D eigenvalue weighted by Crippen LogP contribution is 2.26. The van der Waals surface area contributed by atoms with Crippen LogP contribution in [0.25, 0.3) is 0 Å². The average molecular weight is 295 g/mol. The molecule has 0 bridgehead atoms. The lowest BCUT2D eigenvalue weighted by Gasteiger charge is -2.37. The Morgan fingerprint density at radius 3 is 2.43 bits per heavy atom. The molecule has 0 aromatic rings. The number of nitrogens with zero attached hydrogens (tertiary/aromatic N) is 2. The first kappa shape index (κ1) is 16.3. The number of rotatable bonds is 3. The van der Waals surface area contributed by atoms with E-state index in [1.54, 1.807) is 19.0 Å². The molecular weight excluding hydrogens is 266 g/mol. The third kappa shape index (κ3) is 4.43. The predicted molar refractivity (Wildman–Crippen MR) is 82.9 cm³/mol. The lowest BCUT2D eigenvalue weighted by Crippen LogP contribution is -2.59. The van der Waals surface area contributed by atoms with Gasteiger partial charge in [0.1, 0.15) is 6.04 Å². The Kier molecular flexibility index (Phi) is 6.03. The zero-order valence-corrected chi connectivity index (χ0v) is 13.4. The zero-order chi connectivity index (χ0) is 15.2. The van der Waals surface area contributed by atoms with E-state index in [9.17, 15) is 9.59 Å². The van der Waals surface area contributed by atoms with Gasteiger partial charge in [-0.3, -0.25) is 9.59 Å². The molecule has 1 unspecified atom stereocenters. The molecule has 1 aliphatic carbocycles. The van der Waals surface area contributed by atoms with Crippen molar-refractivity contribution in [1.82, 2.24) is 15.1 Å². The van der Waals surface area contributed by atoms with Crippen molar-refractivity contribution in [3.05, 3.63) is 0 Å². The fourth-order valence-corrected chi connectivity index (χ4v) is 3.45. The van der Waals surface area contributed by atoms with E-state index >= 15 is 0 Å². The first-order valence-corrected chi connectivity index (χ1v) is 8.31. The number of hydrogen-bond acceptors (Lipinski definition) is 3. The molecule has 2 amide bonds. The van der Waals surface area contributed by atoms with E-state index in [0.717, 1.165) is 6.54 Å². The van der Waals surface area contributed by atoms with Gasteiger partial charge in [-0.1, -0.05) is 25.7 Å². The number of nitrogens with one attached hydrogen (secondary N) is 1. The van der Waals surface area contributed by atoms with E-state index in [0.29, 0.717) is 25.4 Å². The van der Waals surface area contributed by atoms with Crippen molar-refractivity contribution in [1.29, 1.82) is 0 Å². The minimum absolute atomic E-state index is 0.0245. The fourth-order valence-electron chi connectivity index (χ4n) is 3.45. The highest BCUT2D eigenvalue weighted by atomic mass is 16.2. The maximum Gasteiger partial charge on any atom is 0.246 e. The van der Waals surface area contributed by atoms with Crippen LogP contribution in [0.3, 0.4) is 0 Å². The van der Waals surface area contributed by atoms with Crippen LogP contribution < -0.4 is 5.32 Å². The van der Waals surface area contributed by atoms with Crippen molar-refractivity contribution in [3.63, 3.8) is 0 Å². The van der Waals surface area contributed by atoms with Crippen molar-refractivity contribution >= 4 is 11.8 Å². The van der Waals surface area contributed by atoms with Crippen LogP contribution in [0.15, 0.2) is 0 Å². The molecule has 5 heteroatoms. The SMILES string of the molecule is CN(C)C(=O)C1CNCCN1C(=O)CC1CCCCCC1. The third-order valence-corrected chi connectivity index (χ3v) is 4.73. The minimum atomic E-state index is -0.327. The summed E-state index contributed by atoms with van der Waals surface area (Å²) in [5.41, 5.74) is 0. The first-order valence-electron chi connectivity index (χ1n) is 8.31.